The second kappa shape index (κ2) is 13.6. The quantitative estimate of drug-likeness (QED) is 0.107. The fourth-order valence-electron chi connectivity index (χ4n) is 4.10. The van der Waals surface area contributed by atoms with Crippen molar-refractivity contribution in [2.24, 2.45) is 0 Å². The topological polar surface area (TPSA) is 58.7 Å². The van der Waals surface area contributed by atoms with Gasteiger partial charge in [0.2, 0.25) is 0 Å². The van der Waals surface area contributed by atoms with E-state index in [4.69, 9.17) is 28.4 Å². The molecule has 0 N–H and O–H groups in total. The number of halogens is 12. The van der Waals surface area contributed by atoms with Gasteiger partial charge in [-0.2, -0.15) is 52.7 Å². The van der Waals surface area contributed by atoms with E-state index in [9.17, 15) is 52.7 Å². The molecule has 2 atom stereocenters. The Kier molecular flexibility index (Phi) is 10.3. The van der Waals surface area contributed by atoms with Crippen LogP contribution in [0.3, 0.4) is 0 Å². The molecular weight excluding hydrogens is 672 g/mol. The molecule has 0 amide bonds. The summed E-state index contributed by atoms with van der Waals surface area (Å²) in [6.07, 6.45) is -21.5. The van der Waals surface area contributed by atoms with E-state index in [0.717, 1.165) is 0 Å². The van der Waals surface area contributed by atoms with Gasteiger partial charge in [0.15, 0.2) is 6.29 Å². The first-order chi connectivity index (χ1) is 21.7. The molecule has 4 rings (SSSR count). The Labute approximate surface area is 257 Å². The lowest BCUT2D eigenvalue weighted by Gasteiger charge is -2.16. The fourth-order valence-corrected chi connectivity index (χ4v) is 4.10. The molecule has 0 spiro atoms. The maximum atomic E-state index is 13.1. The van der Waals surface area contributed by atoms with Crippen molar-refractivity contribution in [1.29, 1.82) is 0 Å². The summed E-state index contributed by atoms with van der Waals surface area (Å²) < 4.78 is 189. The summed E-state index contributed by atoms with van der Waals surface area (Å²) >= 11 is 0. The van der Waals surface area contributed by atoms with E-state index in [2.05, 4.69) is 0 Å². The largest absolute Gasteiger partial charge is 0.490 e. The Bertz CT molecular complexity index is 1370. The molecule has 1 fully saturated rings. The first kappa shape index (κ1) is 35.8. The van der Waals surface area contributed by atoms with E-state index in [1.54, 1.807) is 0 Å². The lowest BCUT2D eigenvalue weighted by molar-refractivity contribution is -0.144. The Morgan fingerprint density at radius 1 is 0.468 bits per heavy atom. The molecule has 0 aliphatic carbocycles. The van der Waals surface area contributed by atoms with Crippen LogP contribution in [-0.2, 0) is 34.2 Å². The predicted octanol–water partition coefficient (Wildman–Crippen LogP) is 8.72. The number of alkyl halides is 12. The van der Waals surface area contributed by atoms with Gasteiger partial charge in [-0.1, -0.05) is 0 Å². The molecule has 2 unspecified atom stereocenters. The van der Waals surface area contributed by atoms with Crippen molar-refractivity contribution >= 4 is 0 Å². The first-order valence-corrected chi connectivity index (χ1v) is 13.2. The van der Waals surface area contributed by atoms with E-state index in [1.807, 2.05) is 0 Å². The van der Waals surface area contributed by atoms with E-state index in [0.29, 0.717) is 29.8 Å². The van der Waals surface area contributed by atoms with Crippen molar-refractivity contribution in [1.82, 2.24) is 0 Å². The number of benzene rings is 3. The molecule has 3 aromatic rings. The lowest BCUT2D eigenvalue weighted by atomic mass is 10.1. The molecule has 0 aromatic heterocycles. The number of rotatable bonds is 12. The predicted molar refractivity (Wildman–Crippen MR) is 136 cm³/mol. The van der Waals surface area contributed by atoms with Crippen LogP contribution in [0.1, 0.15) is 33.9 Å². The van der Waals surface area contributed by atoms with Gasteiger partial charge in [0, 0.05) is 13.2 Å². The number of methoxy groups -OCH3 is 1. The summed E-state index contributed by atoms with van der Waals surface area (Å²) in [4.78, 5) is 0. The second-order valence-corrected chi connectivity index (χ2v) is 9.78. The second-order valence-electron chi connectivity index (χ2n) is 9.78. The minimum atomic E-state index is -5.07. The Hall–Kier alpha value is -4.06. The summed E-state index contributed by atoms with van der Waals surface area (Å²) in [7, 11) is 1.37. The first-order valence-electron chi connectivity index (χ1n) is 13.2. The van der Waals surface area contributed by atoms with Crippen molar-refractivity contribution in [2.75, 3.05) is 33.5 Å². The number of epoxide rings is 1. The molecule has 18 heteroatoms. The van der Waals surface area contributed by atoms with Crippen molar-refractivity contribution in [3.63, 3.8) is 0 Å². The van der Waals surface area contributed by atoms with Crippen LogP contribution in [-0.4, -0.2) is 39.8 Å². The van der Waals surface area contributed by atoms with E-state index in [1.165, 1.54) is 25.3 Å². The van der Waals surface area contributed by atoms with Crippen molar-refractivity contribution < 1.29 is 81.1 Å². The zero-order valence-corrected chi connectivity index (χ0v) is 23.7. The normalized spacial score (nSPS) is 17.0. The highest BCUT2D eigenvalue weighted by molar-refractivity contribution is 5.41. The Morgan fingerprint density at radius 3 is 1.02 bits per heavy atom. The van der Waals surface area contributed by atoms with Crippen LogP contribution in [0.15, 0.2) is 54.6 Å². The molecule has 1 aliphatic rings. The van der Waals surface area contributed by atoms with Gasteiger partial charge >= 0.3 is 24.7 Å². The Balaban J connectivity index is 1.40. The minimum Gasteiger partial charge on any atom is -0.490 e. The minimum absolute atomic E-state index is 0.0476. The van der Waals surface area contributed by atoms with E-state index in [-0.39, 0.29) is 36.8 Å². The molecule has 258 valence electrons. The van der Waals surface area contributed by atoms with Gasteiger partial charge < -0.3 is 28.4 Å². The van der Waals surface area contributed by atoms with Crippen molar-refractivity contribution in [2.45, 2.75) is 37.1 Å². The molecule has 1 saturated heterocycles. The third-order valence-electron chi connectivity index (χ3n) is 6.28. The Morgan fingerprint density at radius 2 is 0.766 bits per heavy atom. The van der Waals surface area contributed by atoms with Gasteiger partial charge in [-0.25, -0.2) is 0 Å². The van der Waals surface area contributed by atoms with Gasteiger partial charge in [-0.3, -0.25) is 0 Å². The highest BCUT2D eigenvalue weighted by Gasteiger charge is 2.41. The monoisotopic (exact) mass is 694 g/mol. The van der Waals surface area contributed by atoms with Gasteiger partial charge in [-0.05, 0) is 54.1 Å². The zero-order chi connectivity index (χ0) is 34.8. The number of hydrogen-bond donors (Lipinski definition) is 0. The number of hydrogen-bond acceptors (Lipinski definition) is 6. The van der Waals surface area contributed by atoms with Gasteiger partial charge in [0.25, 0.3) is 0 Å². The molecule has 0 bridgehead atoms. The van der Waals surface area contributed by atoms with Crippen LogP contribution in [0.2, 0.25) is 0 Å². The summed E-state index contributed by atoms with van der Waals surface area (Å²) in [6, 6.07) is 5.78. The van der Waals surface area contributed by atoms with Crippen LogP contribution in [0.4, 0.5) is 52.7 Å². The van der Waals surface area contributed by atoms with Crippen LogP contribution in [0.5, 0.6) is 23.0 Å². The van der Waals surface area contributed by atoms with Crippen molar-refractivity contribution in [3.05, 3.63) is 82.4 Å². The van der Waals surface area contributed by atoms with Gasteiger partial charge in [0.05, 0.1) is 22.3 Å². The summed E-state index contributed by atoms with van der Waals surface area (Å²) in [5.74, 6) is -1.24. The SMILES string of the molecule is COC1OC1c1cc(OCCOc2cc(C(F)(F)F)cc(C(F)(F)F)c2)cc(OCCOc2cc(C(F)(F)F)cc(C(F)(F)F)c2)c1. The third kappa shape index (κ3) is 9.96. The van der Waals surface area contributed by atoms with E-state index >= 15 is 0 Å². The van der Waals surface area contributed by atoms with Gasteiger partial charge in [-0.15, -0.1) is 0 Å². The smallest absolute Gasteiger partial charge is 0.416 e. The van der Waals surface area contributed by atoms with Crippen LogP contribution >= 0.6 is 0 Å². The third-order valence-corrected chi connectivity index (χ3v) is 6.28. The van der Waals surface area contributed by atoms with Crippen molar-refractivity contribution in [3.8, 4) is 23.0 Å². The van der Waals surface area contributed by atoms with Crippen LogP contribution < -0.4 is 18.9 Å². The fraction of sp³-hybridized carbons (Fsp3) is 0.379. The molecule has 0 radical (unpaired) electrons. The summed E-state index contributed by atoms with van der Waals surface area (Å²) in [6.45, 7) is -1.69. The van der Waals surface area contributed by atoms with E-state index < -0.39 is 84.1 Å². The molecule has 47 heavy (non-hydrogen) atoms. The maximum absolute atomic E-state index is 13.1. The standard InChI is InChI=1S/C29H22F12O6/c1-42-25-24(47-25)15-6-20(43-2-4-45-22-10-16(26(30,31)32)8-17(11-22)27(33,34)35)14-21(7-15)44-3-5-46-23-12-18(28(36,37)38)9-19(13-23)29(39,40)41/h6-14,24-25H,2-5H2,1H3. The average Bonchev–Trinajstić information content (AvgIpc) is 3.76. The molecule has 6 nitrogen and oxygen atoms in total. The summed E-state index contributed by atoms with van der Waals surface area (Å²) in [5.41, 5.74) is -5.80. The van der Waals surface area contributed by atoms with Crippen LogP contribution in [0, 0.1) is 0 Å². The van der Waals surface area contributed by atoms with Gasteiger partial charge in [0.1, 0.15) is 55.5 Å². The zero-order valence-electron chi connectivity index (χ0n) is 23.7. The highest BCUT2D eigenvalue weighted by Crippen LogP contribution is 2.42. The summed E-state index contributed by atoms with van der Waals surface area (Å²) in [5, 5.41) is 0. The molecule has 3 aromatic carbocycles. The molecule has 0 saturated carbocycles. The maximum Gasteiger partial charge on any atom is 0.416 e. The average molecular weight is 694 g/mol. The highest BCUT2D eigenvalue weighted by atomic mass is 19.4. The molecule has 1 aliphatic heterocycles. The van der Waals surface area contributed by atoms with Crippen LogP contribution in [0.25, 0.3) is 0 Å². The number of ether oxygens (including phenoxy) is 6. The molecule has 1 heterocycles. The lowest BCUT2D eigenvalue weighted by Crippen LogP contribution is -2.14. The molecular formula is C29H22F12O6.